The molecule has 0 atom stereocenters. The van der Waals surface area contributed by atoms with Gasteiger partial charge in [0.1, 0.15) is 0 Å². The van der Waals surface area contributed by atoms with Crippen molar-refractivity contribution >= 4 is 0 Å². The Morgan fingerprint density at radius 3 is 3.00 bits per heavy atom. The first-order valence-electron chi connectivity index (χ1n) is 6.66. The van der Waals surface area contributed by atoms with Crippen LogP contribution in [-0.4, -0.2) is 35.9 Å². The predicted molar refractivity (Wildman–Crippen MR) is 70.2 cm³/mol. The Kier molecular flexibility index (Phi) is 7.67. The van der Waals surface area contributed by atoms with Crippen molar-refractivity contribution in [2.75, 3.05) is 26.3 Å². The smallest absolute Gasteiger partial charge is 0.0950 e. The molecule has 0 radical (unpaired) electrons. The van der Waals surface area contributed by atoms with Crippen molar-refractivity contribution in [2.24, 2.45) is 0 Å². The van der Waals surface area contributed by atoms with E-state index in [1.165, 1.54) is 6.42 Å². The second-order valence-electron chi connectivity index (χ2n) is 4.17. The third-order valence-corrected chi connectivity index (χ3v) is 2.63. The molecule has 17 heavy (non-hydrogen) atoms. The van der Waals surface area contributed by atoms with E-state index in [1.807, 2.05) is 6.33 Å². The fourth-order valence-electron chi connectivity index (χ4n) is 1.57. The minimum absolute atomic E-state index is 0.781. The van der Waals surface area contributed by atoms with E-state index in [2.05, 4.69) is 34.9 Å². The van der Waals surface area contributed by atoms with E-state index >= 15 is 0 Å². The summed E-state index contributed by atoms with van der Waals surface area (Å²) in [6.45, 7) is 8.87. The van der Waals surface area contributed by atoms with E-state index in [0.717, 1.165) is 51.4 Å². The second kappa shape index (κ2) is 9.19. The second-order valence-corrected chi connectivity index (χ2v) is 4.17. The van der Waals surface area contributed by atoms with Crippen molar-refractivity contribution in [1.82, 2.24) is 14.9 Å². The Bertz CT molecular complexity index is 286. The van der Waals surface area contributed by atoms with Crippen LogP contribution in [-0.2, 0) is 17.7 Å². The van der Waals surface area contributed by atoms with Gasteiger partial charge >= 0.3 is 0 Å². The number of likely N-dealkylation sites (N-methyl/N-ethyl adjacent to an activating group) is 1. The normalized spacial score (nSPS) is 10.9. The Hall–Kier alpha value is -0.870. The molecule has 1 aromatic heterocycles. The van der Waals surface area contributed by atoms with Crippen LogP contribution in [0.3, 0.4) is 0 Å². The van der Waals surface area contributed by atoms with Gasteiger partial charge in [-0.15, -0.1) is 0 Å². The van der Waals surface area contributed by atoms with Crippen molar-refractivity contribution in [1.29, 1.82) is 0 Å². The number of nitrogens with zero attached hydrogens (tertiary/aromatic N) is 2. The molecule has 98 valence electrons. The number of rotatable bonds is 10. The van der Waals surface area contributed by atoms with E-state index < -0.39 is 0 Å². The molecule has 0 unspecified atom stereocenters. The summed E-state index contributed by atoms with van der Waals surface area (Å²) in [5.41, 5.74) is 1.15. The number of ether oxygens (including phenoxy) is 1. The van der Waals surface area contributed by atoms with E-state index in [4.69, 9.17) is 4.74 Å². The van der Waals surface area contributed by atoms with Crippen LogP contribution in [0.2, 0.25) is 0 Å². The lowest BCUT2D eigenvalue weighted by atomic mass is 10.3. The summed E-state index contributed by atoms with van der Waals surface area (Å²) in [7, 11) is 0. The van der Waals surface area contributed by atoms with Crippen LogP contribution in [0.15, 0.2) is 12.5 Å². The maximum atomic E-state index is 5.52. The molecule has 1 rings (SSSR count). The van der Waals surface area contributed by atoms with Gasteiger partial charge in [-0.2, -0.15) is 0 Å². The standard InChI is InChI=1S/C13H25N3O/c1-3-5-9-17-10-8-16-11-13(15-12-16)6-7-14-4-2/h11-12,14H,3-10H2,1-2H3. The molecule has 0 amide bonds. The van der Waals surface area contributed by atoms with Crippen molar-refractivity contribution < 1.29 is 4.74 Å². The zero-order valence-electron chi connectivity index (χ0n) is 11.1. The zero-order chi connectivity index (χ0) is 12.3. The summed E-state index contributed by atoms with van der Waals surface area (Å²) in [5.74, 6) is 0. The van der Waals surface area contributed by atoms with Gasteiger partial charge < -0.3 is 14.6 Å². The van der Waals surface area contributed by atoms with E-state index in [-0.39, 0.29) is 0 Å². The van der Waals surface area contributed by atoms with E-state index in [0.29, 0.717) is 0 Å². The van der Waals surface area contributed by atoms with Gasteiger partial charge in [-0.3, -0.25) is 0 Å². The first-order valence-corrected chi connectivity index (χ1v) is 6.66. The van der Waals surface area contributed by atoms with Crippen LogP contribution >= 0.6 is 0 Å². The van der Waals surface area contributed by atoms with Crippen molar-refractivity contribution in [2.45, 2.75) is 39.7 Å². The first-order chi connectivity index (χ1) is 8.36. The van der Waals surface area contributed by atoms with Crippen molar-refractivity contribution in [3.05, 3.63) is 18.2 Å². The highest BCUT2D eigenvalue weighted by Crippen LogP contribution is 1.97. The Morgan fingerprint density at radius 1 is 1.35 bits per heavy atom. The summed E-state index contributed by atoms with van der Waals surface area (Å²) < 4.78 is 7.63. The highest BCUT2D eigenvalue weighted by Gasteiger charge is 1.98. The number of nitrogens with one attached hydrogen (secondary N) is 1. The predicted octanol–water partition coefficient (Wildman–Crippen LogP) is 1.85. The average Bonchev–Trinajstić information content (AvgIpc) is 2.77. The number of hydrogen-bond acceptors (Lipinski definition) is 3. The summed E-state index contributed by atoms with van der Waals surface area (Å²) in [6.07, 6.45) is 7.35. The molecule has 1 heterocycles. The molecule has 1 aromatic rings. The minimum atomic E-state index is 0.781. The Morgan fingerprint density at radius 2 is 2.24 bits per heavy atom. The molecule has 0 fully saturated rings. The minimum Gasteiger partial charge on any atom is -0.380 e. The lowest BCUT2D eigenvalue weighted by Gasteiger charge is -2.03. The average molecular weight is 239 g/mol. The van der Waals surface area contributed by atoms with Gasteiger partial charge in [0.2, 0.25) is 0 Å². The molecule has 0 saturated carbocycles. The highest BCUT2D eigenvalue weighted by atomic mass is 16.5. The first kappa shape index (κ1) is 14.2. The van der Waals surface area contributed by atoms with Crippen LogP contribution in [0.5, 0.6) is 0 Å². The van der Waals surface area contributed by atoms with Crippen LogP contribution in [0.4, 0.5) is 0 Å². The molecular formula is C13H25N3O. The topological polar surface area (TPSA) is 39.1 Å². The largest absolute Gasteiger partial charge is 0.380 e. The third-order valence-electron chi connectivity index (χ3n) is 2.63. The lowest BCUT2D eigenvalue weighted by molar-refractivity contribution is 0.123. The monoisotopic (exact) mass is 239 g/mol. The van der Waals surface area contributed by atoms with Crippen molar-refractivity contribution in [3.8, 4) is 0 Å². The maximum absolute atomic E-state index is 5.52. The molecule has 0 spiro atoms. The number of hydrogen-bond donors (Lipinski definition) is 1. The molecule has 4 nitrogen and oxygen atoms in total. The van der Waals surface area contributed by atoms with Gasteiger partial charge in [0.25, 0.3) is 0 Å². The summed E-state index contributed by atoms with van der Waals surface area (Å²) in [6, 6.07) is 0. The summed E-state index contributed by atoms with van der Waals surface area (Å²) in [4.78, 5) is 4.37. The SMILES string of the molecule is CCCCOCCn1cnc(CCNCC)c1. The Balaban J connectivity index is 2.12. The number of aromatic nitrogens is 2. The van der Waals surface area contributed by atoms with E-state index in [9.17, 15) is 0 Å². The molecule has 0 aromatic carbocycles. The van der Waals surface area contributed by atoms with E-state index in [1.54, 1.807) is 0 Å². The van der Waals surface area contributed by atoms with Gasteiger partial charge in [0, 0.05) is 32.3 Å². The highest BCUT2D eigenvalue weighted by molar-refractivity contribution is 4.97. The van der Waals surface area contributed by atoms with Gasteiger partial charge in [-0.05, 0) is 13.0 Å². The molecule has 0 bridgehead atoms. The Labute approximate surface area is 104 Å². The molecule has 0 aliphatic heterocycles. The molecule has 0 aliphatic rings. The fraction of sp³-hybridized carbons (Fsp3) is 0.769. The van der Waals surface area contributed by atoms with Gasteiger partial charge in [-0.1, -0.05) is 20.3 Å². The summed E-state index contributed by atoms with van der Waals surface area (Å²) in [5, 5.41) is 3.30. The quantitative estimate of drug-likeness (QED) is 0.633. The van der Waals surface area contributed by atoms with Gasteiger partial charge in [0.15, 0.2) is 0 Å². The zero-order valence-corrected chi connectivity index (χ0v) is 11.1. The van der Waals surface area contributed by atoms with Crippen LogP contribution in [0.1, 0.15) is 32.4 Å². The third kappa shape index (κ3) is 6.44. The van der Waals surface area contributed by atoms with Crippen LogP contribution < -0.4 is 5.32 Å². The molecule has 0 saturated heterocycles. The number of unbranched alkanes of at least 4 members (excludes halogenated alkanes) is 1. The van der Waals surface area contributed by atoms with Gasteiger partial charge in [0.05, 0.1) is 18.6 Å². The van der Waals surface area contributed by atoms with Crippen LogP contribution in [0, 0.1) is 0 Å². The summed E-state index contributed by atoms with van der Waals surface area (Å²) >= 11 is 0. The number of imidazole rings is 1. The molecular weight excluding hydrogens is 214 g/mol. The maximum Gasteiger partial charge on any atom is 0.0950 e. The van der Waals surface area contributed by atoms with Crippen molar-refractivity contribution in [3.63, 3.8) is 0 Å². The molecule has 0 aliphatic carbocycles. The molecule has 4 heteroatoms. The molecule has 1 N–H and O–H groups in total. The fourth-order valence-corrected chi connectivity index (χ4v) is 1.57. The lowest BCUT2D eigenvalue weighted by Crippen LogP contribution is -2.16. The van der Waals surface area contributed by atoms with Crippen LogP contribution in [0.25, 0.3) is 0 Å². The van der Waals surface area contributed by atoms with Gasteiger partial charge in [-0.25, -0.2) is 4.98 Å².